The molecule has 0 spiro atoms. The molecule has 0 saturated carbocycles. The Morgan fingerprint density at radius 1 is 1.05 bits per heavy atom. The molecular weight excluding hydrogens is 526 g/mol. The molecule has 3 aromatic rings. The Bertz CT molecular complexity index is 1340. The van der Waals surface area contributed by atoms with Gasteiger partial charge in [0, 0.05) is 54.7 Å². The quantitative estimate of drug-likeness (QED) is 0.338. The molecule has 1 amide bonds. The first-order valence-electron chi connectivity index (χ1n) is 14.0. The van der Waals surface area contributed by atoms with Gasteiger partial charge in [-0.2, -0.15) is 0 Å². The molecule has 3 heterocycles. The molecule has 9 heteroatoms. The number of fused-ring (bicyclic) bond motifs is 1. The Morgan fingerprint density at radius 3 is 2.50 bits per heavy atom. The van der Waals surface area contributed by atoms with Crippen molar-refractivity contribution in [3.05, 3.63) is 71.1 Å². The van der Waals surface area contributed by atoms with Crippen molar-refractivity contribution in [1.29, 1.82) is 0 Å². The van der Waals surface area contributed by atoms with Crippen molar-refractivity contribution >= 4 is 29.2 Å². The Hall–Kier alpha value is -3.52. The normalized spacial score (nSPS) is 17.8. The van der Waals surface area contributed by atoms with Crippen molar-refractivity contribution in [2.45, 2.75) is 58.6 Å². The number of aromatic nitrogens is 2. The molecule has 1 unspecified atom stereocenters. The second-order valence-electron chi connectivity index (χ2n) is 11.6. The molecule has 2 aliphatic rings. The lowest BCUT2D eigenvalue weighted by Gasteiger charge is -2.39. The number of anilines is 2. The van der Waals surface area contributed by atoms with Gasteiger partial charge in [0.25, 0.3) is 0 Å². The first kappa shape index (κ1) is 28.0. The summed E-state index contributed by atoms with van der Waals surface area (Å²) in [6.07, 6.45) is 4.58. The summed E-state index contributed by atoms with van der Waals surface area (Å²) in [5.74, 6) is 3.69. The Morgan fingerprint density at radius 2 is 1.77 bits per heavy atom. The number of halogens is 1. The van der Waals surface area contributed by atoms with E-state index in [-0.39, 0.29) is 12.1 Å². The molecule has 0 aliphatic carbocycles. The number of hydrogen-bond acceptors (Lipinski definition) is 7. The SMILES string of the molecule is Cc1ncc2c(n1)N(CC1CCN(C(=O)OC(C)(C)C)CC1)CCC2Nc1cccc(Oc2cccc(Cl)c2)c1. The largest absolute Gasteiger partial charge is 0.457 e. The topological polar surface area (TPSA) is 79.8 Å². The lowest BCUT2D eigenvalue weighted by Crippen LogP contribution is -2.45. The third-order valence-corrected chi connectivity index (χ3v) is 7.47. The zero-order chi connectivity index (χ0) is 28.3. The molecule has 1 N–H and O–H groups in total. The smallest absolute Gasteiger partial charge is 0.410 e. The molecule has 212 valence electrons. The first-order chi connectivity index (χ1) is 19.1. The van der Waals surface area contributed by atoms with E-state index in [9.17, 15) is 4.79 Å². The zero-order valence-electron chi connectivity index (χ0n) is 23.7. The standard InChI is InChI=1S/C31H38ClN5O3/c1-21-33-19-27-28(35-24-8-6-10-26(18-24)39-25-9-5-7-23(32)17-25)13-16-37(29(27)34-21)20-22-11-14-36(15-12-22)30(38)40-31(2,3)4/h5-10,17-19,22,28,35H,11-16,20H2,1-4H3. The van der Waals surface area contributed by atoms with Gasteiger partial charge in [-0.3, -0.25) is 0 Å². The number of nitrogens with one attached hydrogen (secondary N) is 1. The predicted molar refractivity (Wildman–Crippen MR) is 158 cm³/mol. The van der Waals surface area contributed by atoms with Crippen LogP contribution in [0.15, 0.2) is 54.7 Å². The molecule has 40 heavy (non-hydrogen) atoms. The number of benzene rings is 2. The van der Waals surface area contributed by atoms with Gasteiger partial charge < -0.3 is 24.6 Å². The number of piperidine rings is 1. The maximum Gasteiger partial charge on any atom is 0.410 e. The lowest BCUT2D eigenvalue weighted by molar-refractivity contribution is 0.0186. The Balaban J connectivity index is 1.23. The van der Waals surface area contributed by atoms with Gasteiger partial charge in [0.2, 0.25) is 0 Å². The van der Waals surface area contributed by atoms with Crippen LogP contribution in [-0.4, -0.2) is 52.7 Å². The maximum absolute atomic E-state index is 12.5. The van der Waals surface area contributed by atoms with Crippen LogP contribution in [0.4, 0.5) is 16.3 Å². The van der Waals surface area contributed by atoms with Crippen molar-refractivity contribution in [2.75, 3.05) is 36.4 Å². The highest BCUT2D eigenvalue weighted by molar-refractivity contribution is 6.30. The van der Waals surface area contributed by atoms with E-state index in [1.165, 1.54) is 0 Å². The lowest BCUT2D eigenvalue weighted by atomic mass is 9.94. The van der Waals surface area contributed by atoms with Crippen LogP contribution in [0.1, 0.15) is 57.5 Å². The second-order valence-corrected chi connectivity index (χ2v) is 12.1. The molecule has 0 radical (unpaired) electrons. The number of ether oxygens (including phenoxy) is 2. The van der Waals surface area contributed by atoms with Gasteiger partial charge in [-0.15, -0.1) is 0 Å². The van der Waals surface area contributed by atoms with Crippen molar-refractivity contribution in [3.63, 3.8) is 0 Å². The van der Waals surface area contributed by atoms with Gasteiger partial charge in [-0.05, 0) is 83.2 Å². The van der Waals surface area contributed by atoms with Crippen molar-refractivity contribution in [1.82, 2.24) is 14.9 Å². The van der Waals surface area contributed by atoms with E-state index < -0.39 is 5.60 Å². The molecule has 2 aromatic carbocycles. The fraction of sp³-hybridized carbons (Fsp3) is 0.452. The van der Waals surface area contributed by atoms with E-state index in [1.807, 2.05) is 81.3 Å². The summed E-state index contributed by atoms with van der Waals surface area (Å²) >= 11 is 6.11. The average Bonchev–Trinajstić information content (AvgIpc) is 2.90. The van der Waals surface area contributed by atoms with Gasteiger partial charge in [0.1, 0.15) is 28.7 Å². The highest BCUT2D eigenvalue weighted by atomic mass is 35.5. The van der Waals surface area contributed by atoms with Crippen LogP contribution in [0, 0.1) is 12.8 Å². The molecule has 1 fully saturated rings. The van der Waals surface area contributed by atoms with Crippen LogP contribution < -0.4 is 15.0 Å². The van der Waals surface area contributed by atoms with E-state index in [1.54, 1.807) is 6.07 Å². The van der Waals surface area contributed by atoms with E-state index in [2.05, 4.69) is 15.2 Å². The molecule has 1 atom stereocenters. The maximum atomic E-state index is 12.5. The fourth-order valence-electron chi connectivity index (χ4n) is 5.29. The van der Waals surface area contributed by atoms with Crippen LogP contribution in [0.3, 0.4) is 0 Å². The van der Waals surface area contributed by atoms with E-state index in [0.717, 1.165) is 74.1 Å². The van der Waals surface area contributed by atoms with Crippen LogP contribution in [0.5, 0.6) is 11.5 Å². The molecule has 1 saturated heterocycles. The number of carbonyl (C=O) groups is 1. The van der Waals surface area contributed by atoms with Crippen molar-refractivity contribution < 1.29 is 14.3 Å². The Labute approximate surface area is 241 Å². The minimum atomic E-state index is -0.474. The summed E-state index contributed by atoms with van der Waals surface area (Å²) in [6.45, 7) is 10.9. The van der Waals surface area contributed by atoms with Gasteiger partial charge in [-0.25, -0.2) is 14.8 Å². The average molecular weight is 564 g/mol. The van der Waals surface area contributed by atoms with E-state index in [0.29, 0.717) is 16.7 Å². The van der Waals surface area contributed by atoms with Crippen LogP contribution in [0.25, 0.3) is 0 Å². The minimum absolute atomic E-state index is 0.0854. The number of aryl methyl sites for hydroxylation is 1. The molecule has 8 nitrogen and oxygen atoms in total. The number of hydrogen-bond donors (Lipinski definition) is 1. The van der Waals surface area contributed by atoms with Crippen molar-refractivity contribution in [2.24, 2.45) is 5.92 Å². The predicted octanol–water partition coefficient (Wildman–Crippen LogP) is 7.24. The number of carbonyl (C=O) groups excluding carboxylic acids is 1. The summed E-state index contributed by atoms with van der Waals surface area (Å²) in [5, 5.41) is 4.32. The number of nitrogens with zero attached hydrogens (tertiary/aromatic N) is 4. The molecular formula is C31H38ClN5O3. The van der Waals surface area contributed by atoms with E-state index in [4.69, 9.17) is 26.1 Å². The van der Waals surface area contributed by atoms with Gasteiger partial charge >= 0.3 is 6.09 Å². The Kier molecular flexibility index (Phi) is 8.35. The van der Waals surface area contributed by atoms with Gasteiger partial charge in [0.15, 0.2) is 0 Å². The van der Waals surface area contributed by atoms with E-state index >= 15 is 0 Å². The van der Waals surface area contributed by atoms with Crippen LogP contribution in [-0.2, 0) is 4.74 Å². The summed E-state index contributed by atoms with van der Waals surface area (Å²) in [5.41, 5.74) is 1.60. The third-order valence-electron chi connectivity index (χ3n) is 7.23. The first-order valence-corrected chi connectivity index (χ1v) is 14.4. The zero-order valence-corrected chi connectivity index (χ0v) is 24.4. The number of amides is 1. The van der Waals surface area contributed by atoms with Gasteiger partial charge in [0.05, 0.1) is 6.04 Å². The molecule has 1 aromatic heterocycles. The number of likely N-dealkylation sites (tertiary alicyclic amines) is 1. The summed E-state index contributed by atoms with van der Waals surface area (Å²) in [4.78, 5) is 26.1. The summed E-state index contributed by atoms with van der Waals surface area (Å²) < 4.78 is 11.6. The van der Waals surface area contributed by atoms with Crippen molar-refractivity contribution in [3.8, 4) is 11.5 Å². The van der Waals surface area contributed by atoms with Crippen LogP contribution in [0.2, 0.25) is 5.02 Å². The number of rotatable bonds is 6. The summed E-state index contributed by atoms with van der Waals surface area (Å²) in [6, 6.07) is 15.4. The molecule has 0 bridgehead atoms. The molecule has 5 rings (SSSR count). The highest BCUT2D eigenvalue weighted by Crippen LogP contribution is 2.36. The fourth-order valence-corrected chi connectivity index (χ4v) is 5.47. The summed E-state index contributed by atoms with van der Waals surface area (Å²) in [7, 11) is 0. The highest BCUT2D eigenvalue weighted by Gasteiger charge is 2.31. The molecule has 2 aliphatic heterocycles. The monoisotopic (exact) mass is 563 g/mol. The third kappa shape index (κ3) is 7.16. The van der Waals surface area contributed by atoms with Gasteiger partial charge in [-0.1, -0.05) is 23.7 Å². The van der Waals surface area contributed by atoms with Crippen LogP contribution >= 0.6 is 11.6 Å². The minimum Gasteiger partial charge on any atom is -0.457 e. The second kappa shape index (κ2) is 11.9.